The van der Waals surface area contributed by atoms with Gasteiger partial charge in [-0.2, -0.15) is 0 Å². The number of rotatable bonds is 8. The predicted molar refractivity (Wildman–Crippen MR) is 83.8 cm³/mol. The third-order valence-electron chi connectivity index (χ3n) is 3.62. The minimum absolute atomic E-state index is 0.0642. The molecule has 0 saturated carbocycles. The Hall–Kier alpha value is 0.194. The summed E-state index contributed by atoms with van der Waals surface area (Å²) in [6, 6.07) is 0. The van der Waals surface area contributed by atoms with Crippen molar-refractivity contribution in [2.75, 3.05) is 42.7 Å². The fourth-order valence-corrected chi connectivity index (χ4v) is 5.04. The van der Waals surface area contributed by atoms with E-state index in [4.69, 9.17) is 26.6 Å². The quantitative estimate of drug-likeness (QED) is 0.635. The Kier molecular flexibility index (Phi) is 12.2. The smallest absolute Gasteiger partial charge is 0.379 e. The van der Waals surface area contributed by atoms with E-state index in [1.54, 1.807) is 42.7 Å². The average molecular weight is 329 g/mol. The van der Waals surface area contributed by atoms with Gasteiger partial charge in [0.25, 0.3) is 0 Å². The minimum atomic E-state index is -2.51. The highest BCUT2D eigenvalue weighted by molar-refractivity contribution is 6.64. The minimum Gasteiger partial charge on any atom is -0.379 e. The van der Waals surface area contributed by atoms with Gasteiger partial charge in [0.1, 0.15) is 0 Å². The zero-order chi connectivity index (χ0) is 16.4. The molecule has 0 N–H and O–H groups in total. The van der Waals surface area contributed by atoms with Crippen molar-refractivity contribution in [3.8, 4) is 0 Å². The van der Waals surface area contributed by atoms with Crippen LogP contribution in [0.3, 0.4) is 0 Å². The molecule has 20 heavy (non-hydrogen) atoms. The van der Waals surface area contributed by atoms with Crippen molar-refractivity contribution in [1.29, 1.82) is 0 Å². The first kappa shape index (κ1) is 22.5. The summed E-state index contributed by atoms with van der Waals surface area (Å²) in [6.07, 6.45) is 0. The van der Waals surface area contributed by atoms with Gasteiger partial charge >= 0.3 is 18.3 Å². The molecule has 0 amide bonds. The Bertz CT molecular complexity index is 216. The third kappa shape index (κ3) is 5.90. The molecule has 0 aliphatic carbocycles. The molecule has 0 aliphatic heterocycles. The Morgan fingerprint density at radius 3 is 1.10 bits per heavy atom. The van der Waals surface area contributed by atoms with E-state index in [-0.39, 0.29) is 5.04 Å². The van der Waals surface area contributed by atoms with E-state index in [1.807, 2.05) is 0 Å². The highest BCUT2D eigenvalue weighted by Crippen LogP contribution is 2.44. The largest absolute Gasteiger partial charge is 0.506 e. The van der Waals surface area contributed by atoms with Crippen molar-refractivity contribution in [2.24, 2.45) is 5.92 Å². The van der Waals surface area contributed by atoms with Gasteiger partial charge in [-0.25, -0.2) is 0 Å². The average Bonchev–Trinajstić information content (AvgIpc) is 2.43. The molecule has 0 aromatic heterocycles. The molecule has 0 atom stereocenters. The van der Waals surface area contributed by atoms with Gasteiger partial charge in [0, 0.05) is 47.7 Å². The summed E-state index contributed by atoms with van der Waals surface area (Å²) in [5.41, 5.74) is 0. The zero-order valence-electron chi connectivity index (χ0n) is 14.6. The van der Waals surface area contributed by atoms with Crippen molar-refractivity contribution in [1.82, 2.24) is 0 Å². The third-order valence-corrected chi connectivity index (χ3v) is 8.54. The van der Waals surface area contributed by atoms with Gasteiger partial charge in [-0.05, 0) is 5.92 Å². The first-order valence-corrected chi connectivity index (χ1v) is 9.60. The molecule has 0 aromatic rings. The Labute approximate surface area is 127 Å². The molecule has 0 rings (SSSR count). The van der Waals surface area contributed by atoms with Gasteiger partial charge in [-0.3, -0.25) is 0 Å². The lowest BCUT2D eigenvalue weighted by atomic mass is 9.99. The van der Waals surface area contributed by atoms with Crippen LogP contribution in [0.15, 0.2) is 0 Å². The lowest BCUT2D eigenvalue weighted by Gasteiger charge is -2.41. The van der Waals surface area contributed by atoms with Crippen LogP contribution in [0.4, 0.5) is 0 Å². The molecule has 0 radical (unpaired) electrons. The van der Waals surface area contributed by atoms with Crippen molar-refractivity contribution in [2.45, 2.75) is 32.7 Å². The van der Waals surface area contributed by atoms with Crippen LogP contribution >= 0.6 is 0 Å². The topological polar surface area (TPSA) is 55.4 Å². The lowest BCUT2D eigenvalue weighted by Crippen LogP contribution is -2.54. The molecule has 0 unspecified atom stereocenters. The van der Waals surface area contributed by atoms with Crippen LogP contribution in [0.25, 0.3) is 0 Å². The number of hydrogen-bond acceptors (Lipinski definition) is 6. The molecule has 124 valence electrons. The summed E-state index contributed by atoms with van der Waals surface area (Å²) in [4.78, 5) is 0. The summed E-state index contributed by atoms with van der Waals surface area (Å²) >= 11 is 0. The fraction of sp³-hybridized carbons (Fsp3) is 1.00. The molecular weight excluding hydrogens is 296 g/mol. The first-order valence-electron chi connectivity index (χ1n) is 6.46. The van der Waals surface area contributed by atoms with Crippen LogP contribution in [0.5, 0.6) is 0 Å². The van der Waals surface area contributed by atoms with Gasteiger partial charge in [-0.1, -0.05) is 27.7 Å². The molecule has 0 fully saturated rings. The summed E-state index contributed by atoms with van der Waals surface area (Å²) in [6.45, 7) is 8.55. The molecular formula is C12H32O6Si2. The summed E-state index contributed by atoms with van der Waals surface area (Å²) in [7, 11) is 5.51. The normalized spacial score (nSPS) is 12.6. The van der Waals surface area contributed by atoms with Crippen LogP contribution in [0, 0.1) is 5.92 Å². The van der Waals surface area contributed by atoms with Gasteiger partial charge in [0.05, 0.1) is 0 Å². The van der Waals surface area contributed by atoms with E-state index in [0.29, 0.717) is 5.92 Å². The molecule has 0 saturated heterocycles. The summed E-state index contributed by atoms with van der Waals surface area (Å²) in [5.74, 6) is 0.457. The van der Waals surface area contributed by atoms with E-state index in [9.17, 15) is 0 Å². The van der Waals surface area contributed by atoms with Crippen LogP contribution in [-0.2, 0) is 26.6 Å². The summed E-state index contributed by atoms with van der Waals surface area (Å²) in [5, 5.41) is -0.0642. The lowest BCUT2D eigenvalue weighted by molar-refractivity contribution is 0.0844. The second-order valence-corrected chi connectivity index (χ2v) is 10.7. The number of hydrogen-bond donors (Lipinski definition) is 0. The van der Waals surface area contributed by atoms with Crippen LogP contribution in [0.1, 0.15) is 27.7 Å². The van der Waals surface area contributed by atoms with Crippen molar-refractivity contribution < 1.29 is 26.6 Å². The maximum absolute atomic E-state index is 5.46. The van der Waals surface area contributed by atoms with Gasteiger partial charge < -0.3 is 26.6 Å². The van der Waals surface area contributed by atoms with Gasteiger partial charge in [-0.15, -0.1) is 0 Å². The van der Waals surface area contributed by atoms with E-state index in [0.717, 1.165) is 0 Å². The van der Waals surface area contributed by atoms with Crippen molar-refractivity contribution in [3.05, 3.63) is 0 Å². The van der Waals surface area contributed by atoms with E-state index in [2.05, 4.69) is 27.7 Å². The van der Waals surface area contributed by atoms with Gasteiger partial charge in [0.15, 0.2) is 0 Å². The second-order valence-electron chi connectivity index (χ2n) is 5.04. The maximum atomic E-state index is 5.46. The monoisotopic (exact) mass is 328 g/mol. The highest BCUT2D eigenvalue weighted by Gasteiger charge is 2.55. The van der Waals surface area contributed by atoms with Crippen molar-refractivity contribution in [3.63, 3.8) is 0 Å². The fourth-order valence-electron chi connectivity index (χ4n) is 1.68. The van der Waals surface area contributed by atoms with Gasteiger partial charge in [0.2, 0.25) is 0 Å². The highest BCUT2D eigenvalue weighted by atomic mass is 28.4. The predicted octanol–water partition coefficient (Wildman–Crippen LogP) is 1.94. The first-order chi connectivity index (χ1) is 9.22. The molecule has 0 aliphatic rings. The van der Waals surface area contributed by atoms with E-state index >= 15 is 0 Å². The molecule has 8 heteroatoms. The molecule has 0 spiro atoms. The molecule has 0 bridgehead atoms. The zero-order valence-corrected chi connectivity index (χ0v) is 16.8. The Morgan fingerprint density at radius 2 is 1.05 bits per heavy atom. The van der Waals surface area contributed by atoms with Crippen LogP contribution < -0.4 is 0 Å². The Balaban J connectivity index is 0. The molecule has 6 nitrogen and oxygen atoms in total. The van der Waals surface area contributed by atoms with Crippen molar-refractivity contribution >= 4 is 18.3 Å². The second kappa shape index (κ2) is 10.9. The standard InChI is InChI=1S/C9H22O3Si.C3H10O3Si/c1-8(2)9(3,4)13(10-5,11-6)12-7;1-4-7(5-2)6-3/h8H,1-7H3;7H,1-3H3. The van der Waals surface area contributed by atoms with Crippen LogP contribution in [0.2, 0.25) is 5.04 Å². The van der Waals surface area contributed by atoms with E-state index in [1.165, 1.54) is 0 Å². The summed E-state index contributed by atoms with van der Waals surface area (Å²) < 4.78 is 30.6. The SMILES string of the molecule is CO[SiH](OC)OC.CO[Si](OC)(OC)C(C)(C)C(C)C. The Morgan fingerprint density at radius 1 is 0.750 bits per heavy atom. The maximum Gasteiger partial charge on any atom is 0.506 e. The van der Waals surface area contributed by atoms with E-state index < -0.39 is 18.3 Å². The van der Waals surface area contributed by atoms with Crippen LogP contribution in [-0.4, -0.2) is 61.0 Å². The molecule has 0 heterocycles. The molecule has 0 aromatic carbocycles.